The van der Waals surface area contributed by atoms with Crippen molar-refractivity contribution in [2.75, 3.05) is 0 Å². The molecule has 6 heteroatoms. The number of nitriles is 1. The van der Waals surface area contributed by atoms with Crippen LogP contribution in [0.1, 0.15) is 11.4 Å². The van der Waals surface area contributed by atoms with Gasteiger partial charge in [0.2, 0.25) is 0 Å². The zero-order valence-electron chi connectivity index (χ0n) is 7.83. The lowest BCUT2D eigenvalue weighted by molar-refractivity contribution is 0.860. The van der Waals surface area contributed by atoms with Gasteiger partial charge in [-0.15, -0.1) is 5.10 Å². The first-order valence-corrected chi connectivity index (χ1v) is 4.29. The van der Waals surface area contributed by atoms with Crippen LogP contribution < -0.4 is 5.73 Å². The summed E-state index contributed by atoms with van der Waals surface area (Å²) in [5, 5.41) is 12.5. The van der Waals surface area contributed by atoms with E-state index in [1.54, 1.807) is 12.4 Å². The van der Waals surface area contributed by atoms with Crippen LogP contribution in [0.4, 0.5) is 0 Å². The van der Waals surface area contributed by atoms with E-state index in [0.29, 0.717) is 6.54 Å². The number of rotatable bonds is 2. The van der Waals surface area contributed by atoms with Crippen LogP contribution in [0.3, 0.4) is 0 Å². The number of pyridine rings is 1. The fourth-order valence-corrected chi connectivity index (χ4v) is 1.15. The van der Waals surface area contributed by atoms with Gasteiger partial charge < -0.3 is 5.73 Å². The number of nitrogens with zero attached hydrogens (tertiary/aromatic N) is 5. The lowest BCUT2D eigenvalue weighted by atomic mass is 10.3. The summed E-state index contributed by atoms with van der Waals surface area (Å²) in [5.74, 6) is 0.133. The Morgan fingerprint density at radius 1 is 1.47 bits per heavy atom. The molecule has 2 aromatic rings. The molecule has 74 valence electrons. The highest BCUT2D eigenvalue weighted by Gasteiger charge is 2.02. The molecule has 0 unspecified atom stereocenters. The highest BCUT2D eigenvalue weighted by molar-refractivity contribution is 5.31. The quantitative estimate of drug-likeness (QED) is 0.736. The molecule has 0 saturated heterocycles. The standard InChI is InChI=1S/C9H8N6/c10-2-7-1-8(5-12-4-7)15-6-13-9(3-11)14-15/h1,4-6H,2,10H2. The highest BCUT2D eigenvalue weighted by atomic mass is 15.3. The lowest BCUT2D eigenvalue weighted by Gasteiger charge is -2.01. The predicted molar refractivity (Wildman–Crippen MR) is 51.8 cm³/mol. The first-order valence-electron chi connectivity index (χ1n) is 4.29. The van der Waals surface area contributed by atoms with Gasteiger partial charge in [0.05, 0.1) is 11.9 Å². The van der Waals surface area contributed by atoms with E-state index < -0.39 is 0 Å². The Kier molecular flexibility index (Phi) is 2.39. The molecule has 0 bridgehead atoms. The van der Waals surface area contributed by atoms with E-state index in [1.165, 1.54) is 11.0 Å². The third-order valence-corrected chi connectivity index (χ3v) is 1.87. The summed E-state index contributed by atoms with van der Waals surface area (Å²) < 4.78 is 1.49. The van der Waals surface area contributed by atoms with Gasteiger partial charge >= 0.3 is 0 Å². The van der Waals surface area contributed by atoms with Crippen LogP contribution in [0.5, 0.6) is 0 Å². The summed E-state index contributed by atoms with van der Waals surface area (Å²) in [6.07, 6.45) is 4.79. The minimum Gasteiger partial charge on any atom is -0.326 e. The molecule has 0 spiro atoms. The largest absolute Gasteiger partial charge is 0.326 e. The number of hydrogen-bond acceptors (Lipinski definition) is 5. The zero-order valence-corrected chi connectivity index (χ0v) is 7.83. The molecule has 2 N–H and O–H groups in total. The summed E-state index contributed by atoms with van der Waals surface area (Å²) in [6.45, 7) is 0.417. The van der Waals surface area contributed by atoms with Crippen LogP contribution in [0.25, 0.3) is 5.69 Å². The Bertz CT molecular complexity index is 509. The Labute approximate surface area is 86.0 Å². The van der Waals surface area contributed by atoms with Crippen LogP contribution in [0.15, 0.2) is 24.8 Å². The van der Waals surface area contributed by atoms with Crippen LogP contribution in [-0.4, -0.2) is 19.7 Å². The first kappa shape index (κ1) is 9.30. The van der Waals surface area contributed by atoms with Crippen molar-refractivity contribution in [3.8, 4) is 11.8 Å². The molecular formula is C9H8N6. The molecule has 0 aliphatic carbocycles. The van der Waals surface area contributed by atoms with Crippen molar-refractivity contribution in [1.29, 1.82) is 5.26 Å². The molecule has 2 heterocycles. The highest BCUT2D eigenvalue weighted by Crippen LogP contribution is 2.06. The average molecular weight is 200 g/mol. The van der Waals surface area contributed by atoms with Crippen LogP contribution in [0.2, 0.25) is 0 Å². The second-order valence-electron chi connectivity index (χ2n) is 2.88. The molecular weight excluding hydrogens is 192 g/mol. The maximum absolute atomic E-state index is 8.57. The SMILES string of the molecule is N#Cc1ncn(-c2cncc(CN)c2)n1. The Balaban J connectivity index is 2.41. The molecule has 0 aliphatic heterocycles. The summed E-state index contributed by atoms with van der Waals surface area (Å²) >= 11 is 0. The van der Waals surface area contributed by atoms with E-state index in [-0.39, 0.29) is 5.82 Å². The number of aromatic nitrogens is 4. The summed E-state index contributed by atoms with van der Waals surface area (Å²) in [7, 11) is 0. The fraction of sp³-hybridized carbons (Fsp3) is 0.111. The van der Waals surface area contributed by atoms with E-state index in [4.69, 9.17) is 11.0 Å². The molecule has 0 aromatic carbocycles. The van der Waals surface area contributed by atoms with Gasteiger partial charge in [0.15, 0.2) is 0 Å². The van der Waals surface area contributed by atoms with E-state index >= 15 is 0 Å². The monoisotopic (exact) mass is 200 g/mol. The summed E-state index contributed by atoms with van der Waals surface area (Å²) in [5.41, 5.74) is 7.14. The van der Waals surface area contributed by atoms with Gasteiger partial charge in [-0.2, -0.15) is 5.26 Å². The molecule has 15 heavy (non-hydrogen) atoms. The van der Waals surface area contributed by atoms with Gasteiger partial charge in [0, 0.05) is 12.7 Å². The van der Waals surface area contributed by atoms with Crippen LogP contribution in [0, 0.1) is 11.3 Å². The Hall–Kier alpha value is -2.26. The van der Waals surface area contributed by atoms with Crippen LogP contribution in [-0.2, 0) is 6.54 Å². The average Bonchev–Trinajstić information content (AvgIpc) is 2.78. The van der Waals surface area contributed by atoms with Crippen molar-refractivity contribution in [1.82, 2.24) is 19.7 Å². The van der Waals surface area contributed by atoms with Gasteiger partial charge in [-0.1, -0.05) is 0 Å². The van der Waals surface area contributed by atoms with E-state index in [0.717, 1.165) is 11.3 Å². The molecule has 6 nitrogen and oxygen atoms in total. The number of nitrogens with two attached hydrogens (primary N) is 1. The fourth-order valence-electron chi connectivity index (χ4n) is 1.15. The third kappa shape index (κ3) is 1.82. The first-order chi connectivity index (χ1) is 7.33. The molecule has 0 atom stereocenters. The van der Waals surface area contributed by atoms with Crippen molar-refractivity contribution < 1.29 is 0 Å². The maximum Gasteiger partial charge on any atom is 0.252 e. The molecule has 0 aliphatic rings. The minimum absolute atomic E-state index is 0.133. The van der Waals surface area contributed by atoms with Gasteiger partial charge in [-0.25, -0.2) is 9.67 Å². The second kappa shape index (κ2) is 3.86. The lowest BCUT2D eigenvalue weighted by Crippen LogP contribution is -2.01. The zero-order chi connectivity index (χ0) is 10.7. The van der Waals surface area contributed by atoms with Gasteiger partial charge in [0.1, 0.15) is 12.4 Å². The van der Waals surface area contributed by atoms with E-state index in [9.17, 15) is 0 Å². The van der Waals surface area contributed by atoms with E-state index in [1.807, 2.05) is 12.1 Å². The molecule has 0 saturated carbocycles. The normalized spacial score (nSPS) is 9.87. The summed E-state index contributed by atoms with van der Waals surface area (Å²) in [4.78, 5) is 7.81. The van der Waals surface area contributed by atoms with Gasteiger partial charge in [-0.05, 0) is 11.6 Å². The van der Waals surface area contributed by atoms with Gasteiger partial charge in [0.25, 0.3) is 5.82 Å². The van der Waals surface area contributed by atoms with Crippen LogP contribution >= 0.6 is 0 Å². The molecule has 0 fully saturated rings. The molecule has 2 aromatic heterocycles. The minimum atomic E-state index is 0.133. The number of hydrogen-bond donors (Lipinski definition) is 1. The topological polar surface area (TPSA) is 93.4 Å². The van der Waals surface area contributed by atoms with Crippen molar-refractivity contribution in [3.05, 3.63) is 36.2 Å². The maximum atomic E-state index is 8.57. The van der Waals surface area contributed by atoms with Crippen molar-refractivity contribution in [2.24, 2.45) is 5.73 Å². The van der Waals surface area contributed by atoms with Gasteiger partial charge in [-0.3, -0.25) is 4.98 Å². The third-order valence-electron chi connectivity index (χ3n) is 1.87. The second-order valence-corrected chi connectivity index (χ2v) is 2.88. The molecule has 0 radical (unpaired) electrons. The molecule has 0 amide bonds. The predicted octanol–water partition coefficient (Wildman–Crippen LogP) is -0.00732. The smallest absolute Gasteiger partial charge is 0.252 e. The summed E-state index contributed by atoms with van der Waals surface area (Å²) in [6, 6.07) is 3.71. The Morgan fingerprint density at radius 2 is 2.33 bits per heavy atom. The molecule has 2 rings (SSSR count). The van der Waals surface area contributed by atoms with Crippen molar-refractivity contribution >= 4 is 0 Å². The van der Waals surface area contributed by atoms with Crippen molar-refractivity contribution in [2.45, 2.75) is 6.54 Å². The van der Waals surface area contributed by atoms with Crippen molar-refractivity contribution in [3.63, 3.8) is 0 Å². The Morgan fingerprint density at radius 3 is 3.00 bits per heavy atom. The van der Waals surface area contributed by atoms with E-state index in [2.05, 4.69) is 15.1 Å².